The van der Waals surface area contributed by atoms with E-state index in [9.17, 15) is 0 Å². The molecule has 12 heavy (non-hydrogen) atoms. The molecule has 0 fully saturated rings. The van der Waals surface area contributed by atoms with Gasteiger partial charge >= 0.3 is 0 Å². The standard InChI is InChI=1S/C9H9ClN2/c1-2-6-4-11-8-5-12-9(10)3-7(6)8/h3-5,11H,2H2,1H3. The molecule has 62 valence electrons. The Hall–Kier alpha value is -1.02. The highest BCUT2D eigenvalue weighted by Gasteiger charge is 2.01. The minimum Gasteiger partial charge on any atom is -0.360 e. The van der Waals surface area contributed by atoms with Crippen molar-refractivity contribution in [2.45, 2.75) is 13.3 Å². The van der Waals surface area contributed by atoms with E-state index < -0.39 is 0 Å². The highest BCUT2D eigenvalue weighted by atomic mass is 35.5. The number of hydrogen-bond donors (Lipinski definition) is 1. The second-order valence-electron chi connectivity index (χ2n) is 2.72. The normalized spacial score (nSPS) is 10.8. The Kier molecular flexibility index (Phi) is 1.77. The lowest BCUT2D eigenvalue weighted by atomic mass is 10.2. The van der Waals surface area contributed by atoms with Crippen molar-refractivity contribution in [3.05, 3.63) is 29.2 Å². The molecule has 2 rings (SSSR count). The molecule has 0 aromatic carbocycles. The molecule has 2 nitrogen and oxygen atoms in total. The Morgan fingerprint density at radius 1 is 1.58 bits per heavy atom. The second-order valence-corrected chi connectivity index (χ2v) is 3.11. The summed E-state index contributed by atoms with van der Waals surface area (Å²) in [6.07, 6.45) is 4.78. The van der Waals surface area contributed by atoms with Gasteiger partial charge in [-0.15, -0.1) is 0 Å². The Bertz CT molecular complexity index is 406. The van der Waals surface area contributed by atoms with Crippen molar-refractivity contribution in [2.75, 3.05) is 0 Å². The van der Waals surface area contributed by atoms with Crippen molar-refractivity contribution in [1.29, 1.82) is 0 Å². The van der Waals surface area contributed by atoms with Crippen LogP contribution in [0.15, 0.2) is 18.5 Å². The first kappa shape index (κ1) is 7.62. The van der Waals surface area contributed by atoms with E-state index in [1.165, 1.54) is 10.9 Å². The molecule has 0 radical (unpaired) electrons. The maximum atomic E-state index is 5.78. The molecule has 0 saturated carbocycles. The topological polar surface area (TPSA) is 28.7 Å². The molecule has 2 aromatic heterocycles. The van der Waals surface area contributed by atoms with Crippen molar-refractivity contribution in [1.82, 2.24) is 9.97 Å². The summed E-state index contributed by atoms with van der Waals surface area (Å²) < 4.78 is 0. The molecule has 0 unspecified atom stereocenters. The summed E-state index contributed by atoms with van der Waals surface area (Å²) in [6, 6.07) is 1.90. The number of pyridine rings is 1. The van der Waals surface area contributed by atoms with Crippen LogP contribution < -0.4 is 0 Å². The summed E-state index contributed by atoms with van der Waals surface area (Å²) in [4.78, 5) is 7.13. The van der Waals surface area contributed by atoms with Crippen LogP contribution in [0.4, 0.5) is 0 Å². The van der Waals surface area contributed by atoms with Gasteiger partial charge in [0.1, 0.15) is 5.15 Å². The third-order valence-electron chi connectivity index (χ3n) is 2.00. The van der Waals surface area contributed by atoms with Crippen molar-refractivity contribution >= 4 is 22.5 Å². The van der Waals surface area contributed by atoms with Crippen LogP contribution in [-0.4, -0.2) is 9.97 Å². The van der Waals surface area contributed by atoms with Crippen LogP contribution in [0.2, 0.25) is 5.15 Å². The lowest BCUT2D eigenvalue weighted by molar-refractivity contribution is 1.15. The number of aryl methyl sites for hydroxylation is 1. The zero-order chi connectivity index (χ0) is 8.55. The Morgan fingerprint density at radius 2 is 2.42 bits per heavy atom. The zero-order valence-electron chi connectivity index (χ0n) is 6.76. The quantitative estimate of drug-likeness (QED) is 0.672. The van der Waals surface area contributed by atoms with Gasteiger partial charge < -0.3 is 4.98 Å². The van der Waals surface area contributed by atoms with Gasteiger partial charge in [0.05, 0.1) is 11.7 Å². The molecule has 0 atom stereocenters. The lowest BCUT2D eigenvalue weighted by Crippen LogP contribution is -1.77. The van der Waals surface area contributed by atoms with Crippen LogP contribution in [-0.2, 0) is 6.42 Å². The van der Waals surface area contributed by atoms with Crippen molar-refractivity contribution in [3.63, 3.8) is 0 Å². The van der Waals surface area contributed by atoms with Crippen molar-refractivity contribution in [2.24, 2.45) is 0 Å². The number of aromatic amines is 1. The number of aromatic nitrogens is 2. The highest BCUT2D eigenvalue weighted by molar-refractivity contribution is 6.30. The summed E-state index contributed by atoms with van der Waals surface area (Å²) in [5, 5.41) is 1.73. The molecular weight excluding hydrogens is 172 g/mol. The molecule has 2 aromatic rings. The van der Waals surface area contributed by atoms with Gasteiger partial charge in [-0.2, -0.15) is 0 Å². The number of fused-ring (bicyclic) bond motifs is 1. The third kappa shape index (κ3) is 1.08. The maximum absolute atomic E-state index is 5.78. The highest BCUT2D eigenvalue weighted by Crippen LogP contribution is 2.20. The Labute approximate surface area is 75.6 Å². The molecule has 0 aliphatic heterocycles. The summed E-state index contributed by atoms with van der Waals surface area (Å²) in [6.45, 7) is 2.12. The van der Waals surface area contributed by atoms with Crippen LogP contribution in [0, 0.1) is 0 Å². The van der Waals surface area contributed by atoms with E-state index in [-0.39, 0.29) is 0 Å². The first-order valence-electron chi connectivity index (χ1n) is 3.92. The average Bonchev–Trinajstić information content (AvgIpc) is 2.46. The number of nitrogens with one attached hydrogen (secondary N) is 1. The van der Waals surface area contributed by atoms with Crippen LogP contribution in [0.3, 0.4) is 0 Å². The smallest absolute Gasteiger partial charge is 0.129 e. The zero-order valence-corrected chi connectivity index (χ0v) is 7.52. The lowest BCUT2D eigenvalue weighted by Gasteiger charge is -1.93. The van der Waals surface area contributed by atoms with Gasteiger partial charge in [-0.3, -0.25) is 0 Å². The van der Waals surface area contributed by atoms with Crippen LogP contribution in [0.5, 0.6) is 0 Å². The molecule has 0 aliphatic rings. The summed E-state index contributed by atoms with van der Waals surface area (Å²) in [5.41, 5.74) is 2.34. The van der Waals surface area contributed by atoms with E-state index in [0.717, 1.165) is 11.9 Å². The van der Waals surface area contributed by atoms with E-state index in [0.29, 0.717) is 5.15 Å². The second kappa shape index (κ2) is 2.79. The van der Waals surface area contributed by atoms with E-state index >= 15 is 0 Å². The molecule has 0 saturated heterocycles. The number of rotatable bonds is 1. The molecule has 2 heterocycles. The number of halogens is 1. The van der Waals surface area contributed by atoms with E-state index in [1.54, 1.807) is 6.20 Å². The number of hydrogen-bond acceptors (Lipinski definition) is 1. The van der Waals surface area contributed by atoms with E-state index in [1.807, 2.05) is 12.3 Å². The van der Waals surface area contributed by atoms with Crippen LogP contribution >= 0.6 is 11.6 Å². The Morgan fingerprint density at radius 3 is 3.17 bits per heavy atom. The predicted molar refractivity (Wildman–Crippen MR) is 50.5 cm³/mol. The van der Waals surface area contributed by atoms with Gasteiger partial charge in [-0.25, -0.2) is 4.98 Å². The van der Waals surface area contributed by atoms with Crippen LogP contribution in [0.25, 0.3) is 10.9 Å². The monoisotopic (exact) mass is 180 g/mol. The minimum absolute atomic E-state index is 0.553. The number of nitrogens with zero attached hydrogens (tertiary/aromatic N) is 1. The molecule has 0 spiro atoms. The molecule has 0 bridgehead atoms. The fourth-order valence-electron chi connectivity index (χ4n) is 1.35. The first-order valence-corrected chi connectivity index (χ1v) is 4.30. The molecule has 3 heteroatoms. The molecule has 1 N–H and O–H groups in total. The van der Waals surface area contributed by atoms with E-state index in [2.05, 4.69) is 16.9 Å². The van der Waals surface area contributed by atoms with Gasteiger partial charge in [0.25, 0.3) is 0 Å². The minimum atomic E-state index is 0.553. The molecule has 0 amide bonds. The predicted octanol–water partition coefficient (Wildman–Crippen LogP) is 2.78. The SMILES string of the molecule is CCc1c[nH]c2cnc(Cl)cc12. The summed E-state index contributed by atoms with van der Waals surface area (Å²) >= 11 is 5.78. The molecule has 0 aliphatic carbocycles. The fourth-order valence-corrected chi connectivity index (χ4v) is 1.50. The van der Waals surface area contributed by atoms with E-state index in [4.69, 9.17) is 11.6 Å². The fraction of sp³-hybridized carbons (Fsp3) is 0.222. The third-order valence-corrected chi connectivity index (χ3v) is 2.21. The number of H-pyrrole nitrogens is 1. The largest absolute Gasteiger partial charge is 0.360 e. The molecular formula is C9H9ClN2. The van der Waals surface area contributed by atoms with Crippen LogP contribution in [0.1, 0.15) is 12.5 Å². The average molecular weight is 181 g/mol. The van der Waals surface area contributed by atoms with Gasteiger partial charge in [-0.1, -0.05) is 18.5 Å². The van der Waals surface area contributed by atoms with Crippen molar-refractivity contribution < 1.29 is 0 Å². The van der Waals surface area contributed by atoms with Gasteiger partial charge in [0.2, 0.25) is 0 Å². The maximum Gasteiger partial charge on any atom is 0.129 e. The summed E-state index contributed by atoms with van der Waals surface area (Å²) in [5.74, 6) is 0. The Balaban J connectivity index is 2.75. The summed E-state index contributed by atoms with van der Waals surface area (Å²) in [7, 11) is 0. The van der Waals surface area contributed by atoms with Gasteiger partial charge in [-0.05, 0) is 18.1 Å². The first-order chi connectivity index (χ1) is 5.81. The van der Waals surface area contributed by atoms with Crippen molar-refractivity contribution in [3.8, 4) is 0 Å². The van der Waals surface area contributed by atoms with Gasteiger partial charge in [0.15, 0.2) is 0 Å². The van der Waals surface area contributed by atoms with Gasteiger partial charge in [0, 0.05) is 11.6 Å².